The third-order valence-electron chi connectivity index (χ3n) is 5.69. The van der Waals surface area contributed by atoms with Gasteiger partial charge in [-0.3, -0.25) is 9.59 Å². The molecule has 0 N–H and O–H groups in total. The summed E-state index contributed by atoms with van der Waals surface area (Å²) in [4.78, 5) is 22.2. The molecule has 0 bridgehead atoms. The van der Waals surface area contributed by atoms with Crippen LogP contribution in [0.15, 0.2) is 51.4 Å². The highest BCUT2D eigenvalue weighted by atomic mass is 79.9. The van der Waals surface area contributed by atoms with Gasteiger partial charge in [-0.25, -0.2) is 0 Å². The number of esters is 2. The van der Waals surface area contributed by atoms with Crippen LogP contribution in [0.3, 0.4) is 0 Å². The topological polar surface area (TPSA) is 71.1 Å². The number of hydrogen-bond donors (Lipinski definition) is 0. The second-order valence-corrected chi connectivity index (χ2v) is 10.2. The van der Waals surface area contributed by atoms with Crippen LogP contribution in [0.1, 0.15) is 60.1 Å². The molecule has 36 heavy (non-hydrogen) atoms. The van der Waals surface area contributed by atoms with Gasteiger partial charge < -0.3 is 18.8 Å². The maximum Gasteiger partial charge on any atom is 0.494 e. The first kappa shape index (κ1) is 34.3. The maximum atomic E-state index is 11.4. The van der Waals surface area contributed by atoms with E-state index in [9.17, 15) is 9.59 Å². The Labute approximate surface area is 233 Å². The molecule has 1 saturated heterocycles. The van der Waals surface area contributed by atoms with E-state index in [1.807, 2.05) is 84.0 Å². The Hall–Kier alpha value is -1.68. The molecule has 6 nitrogen and oxygen atoms in total. The minimum atomic E-state index is -0.404. The van der Waals surface area contributed by atoms with Crippen molar-refractivity contribution in [3.8, 4) is 0 Å². The molecule has 1 aliphatic rings. The van der Waals surface area contributed by atoms with Gasteiger partial charge >= 0.3 is 19.1 Å². The van der Waals surface area contributed by atoms with Crippen LogP contribution in [-0.4, -0.2) is 44.5 Å². The van der Waals surface area contributed by atoms with Gasteiger partial charge in [-0.2, -0.15) is 0 Å². The molecule has 1 fully saturated rings. The Morgan fingerprint density at radius 1 is 0.806 bits per heavy atom. The highest BCUT2D eigenvalue weighted by molar-refractivity contribution is 9.10. The predicted molar refractivity (Wildman–Crippen MR) is 154 cm³/mol. The molecule has 1 heterocycles. The Balaban J connectivity index is 0.000000699. The molecule has 0 amide bonds. The first-order valence-corrected chi connectivity index (χ1v) is 13.0. The fourth-order valence-corrected chi connectivity index (χ4v) is 3.89. The Kier molecular flexibility index (Phi) is 14.8. The lowest BCUT2D eigenvalue weighted by Crippen LogP contribution is -2.41. The summed E-state index contributed by atoms with van der Waals surface area (Å²) in [5, 5.41) is 0. The van der Waals surface area contributed by atoms with Crippen LogP contribution in [0.25, 0.3) is 0 Å². The summed E-state index contributed by atoms with van der Waals surface area (Å²) in [7, 11) is 2.37. The number of ether oxygens (including phenoxy) is 2. The second kappa shape index (κ2) is 15.5. The third kappa shape index (κ3) is 9.65. The number of rotatable bonds is 5. The molecule has 200 valence electrons. The van der Waals surface area contributed by atoms with Crippen LogP contribution in [0.2, 0.25) is 0 Å². The van der Waals surface area contributed by atoms with E-state index in [2.05, 4.69) is 41.3 Å². The summed E-state index contributed by atoms with van der Waals surface area (Å²) in [6, 6.07) is 13.3. The summed E-state index contributed by atoms with van der Waals surface area (Å²) in [5.41, 5.74) is 2.02. The fraction of sp³-hybridized carbons (Fsp3) is 0.481. The first-order valence-electron chi connectivity index (χ1n) is 11.4. The van der Waals surface area contributed by atoms with E-state index in [1.165, 1.54) is 14.2 Å². The monoisotopic (exact) mass is 628 g/mol. The smallest absolute Gasteiger partial charge is 0.469 e. The fourth-order valence-electron chi connectivity index (χ4n) is 2.93. The SMILES string of the molecule is C.CC.COC(=O)Cc1ccc(B2OC(C)(C)C(C)(C)O2)cc1Br.COC(=O)Cc1ccccc1Br. The average Bonchev–Trinajstić information content (AvgIpc) is 3.05. The van der Waals surface area contributed by atoms with Gasteiger partial charge in [0.1, 0.15) is 0 Å². The molecule has 0 aliphatic carbocycles. The van der Waals surface area contributed by atoms with Crippen LogP contribution >= 0.6 is 31.9 Å². The maximum absolute atomic E-state index is 11.4. The van der Waals surface area contributed by atoms with Gasteiger partial charge in [0, 0.05) is 8.95 Å². The molecule has 2 aromatic rings. The summed E-state index contributed by atoms with van der Waals surface area (Å²) >= 11 is 6.84. The van der Waals surface area contributed by atoms with Crippen LogP contribution in [0, 0.1) is 0 Å². The molecule has 0 radical (unpaired) electrons. The summed E-state index contributed by atoms with van der Waals surface area (Å²) in [6.45, 7) is 12.1. The van der Waals surface area contributed by atoms with Crippen molar-refractivity contribution in [2.75, 3.05) is 14.2 Å². The molecule has 0 spiro atoms. The highest BCUT2D eigenvalue weighted by Gasteiger charge is 2.51. The molecular weight excluding hydrogens is 591 g/mol. The van der Waals surface area contributed by atoms with Crippen molar-refractivity contribution in [3.05, 3.63) is 62.5 Å². The summed E-state index contributed by atoms with van der Waals surface area (Å²) in [6.07, 6.45) is 0.554. The van der Waals surface area contributed by atoms with E-state index in [0.29, 0.717) is 6.42 Å². The van der Waals surface area contributed by atoms with Crippen LogP contribution in [0.5, 0.6) is 0 Å². The van der Waals surface area contributed by atoms with Crippen molar-refractivity contribution >= 4 is 56.4 Å². The minimum absolute atomic E-state index is 0. The molecule has 0 aromatic heterocycles. The van der Waals surface area contributed by atoms with Gasteiger partial charge in [-0.05, 0) is 56.4 Å². The van der Waals surface area contributed by atoms with E-state index >= 15 is 0 Å². The van der Waals surface area contributed by atoms with Crippen LogP contribution in [-0.2, 0) is 41.2 Å². The number of benzene rings is 2. The molecule has 0 saturated carbocycles. The lowest BCUT2D eigenvalue weighted by molar-refractivity contribution is -0.140. The van der Waals surface area contributed by atoms with Crippen LogP contribution < -0.4 is 5.46 Å². The predicted octanol–water partition coefficient (Wildman–Crippen LogP) is 6.29. The zero-order valence-electron chi connectivity index (χ0n) is 21.7. The number of hydrogen-bond acceptors (Lipinski definition) is 6. The Morgan fingerprint density at radius 3 is 1.67 bits per heavy atom. The molecule has 0 atom stereocenters. The number of methoxy groups -OCH3 is 2. The summed E-state index contributed by atoms with van der Waals surface area (Å²) in [5.74, 6) is -0.485. The van der Waals surface area contributed by atoms with Crippen molar-refractivity contribution < 1.29 is 28.4 Å². The van der Waals surface area contributed by atoms with Gasteiger partial charge in [0.15, 0.2) is 0 Å². The van der Waals surface area contributed by atoms with E-state index in [0.717, 1.165) is 25.5 Å². The zero-order valence-corrected chi connectivity index (χ0v) is 24.9. The first-order chi connectivity index (χ1) is 16.4. The van der Waals surface area contributed by atoms with Crippen molar-refractivity contribution in [1.29, 1.82) is 0 Å². The van der Waals surface area contributed by atoms with Crippen molar-refractivity contribution in [2.45, 2.75) is 73.0 Å². The largest absolute Gasteiger partial charge is 0.494 e. The van der Waals surface area contributed by atoms with Gasteiger partial charge in [-0.15, -0.1) is 0 Å². The normalized spacial score (nSPS) is 14.8. The van der Waals surface area contributed by atoms with Crippen molar-refractivity contribution in [3.63, 3.8) is 0 Å². The van der Waals surface area contributed by atoms with E-state index < -0.39 is 7.12 Å². The van der Waals surface area contributed by atoms with E-state index in [4.69, 9.17) is 9.31 Å². The molecule has 9 heteroatoms. The lowest BCUT2D eigenvalue weighted by Gasteiger charge is -2.32. The van der Waals surface area contributed by atoms with Gasteiger partial charge in [0.2, 0.25) is 0 Å². The molecular formula is C27H39BBr2O6. The number of halogens is 2. The van der Waals surface area contributed by atoms with Crippen LogP contribution in [0.4, 0.5) is 0 Å². The van der Waals surface area contributed by atoms with Crippen molar-refractivity contribution in [2.24, 2.45) is 0 Å². The van der Waals surface area contributed by atoms with Gasteiger partial charge in [-0.1, -0.05) is 83.5 Å². The molecule has 3 rings (SSSR count). The van der Waals surface area contributed by atoms with Crippen molar-refractivity contribution in [1.82, 2.24) is 0 Å². The highest BCUT2D eigenvalue weighted by Crippen LogP contribution is 2.36. The number of carbonyl (C=O) groups is 2. The number of carbonyl (C=O) groups excluding carboxylic acids is 2. The Morgan fingerprint density at radius 2 is 1.25 bits per heavy atom. The third-order valence-corrected chi connectivity index (χ3v) is 7.20. The Bertz CT molecular complexity index is 978. The quantitative estimate of drug-likeness (QED) is 0.286. The molecule has 2 aromatic carbocycles. The molecule has 1 aliphatic heterocycles. The van der Waals surface area contributed by atoms with Gasteiger partial charge in [0.25, 0.3) is 0 Å². The lowest BCUT2D eigenvalue weighted by atomic mass is 9.79. The molecule has 0 unspecified atom stereocenters. The average molecular weight is 630 g/mol. The van der Waals surface area contributed by atoms with E-state index in [-0.39, 0.29) is 37.0 Å². The zero-order chi connectivity index (χ0) is 26.8. The van der Waals surface area contributed by atoms with E-state index in [1.54, 1.807) is 0 Å². The minimum Gasteiger partial charge on any atom is -0.469 e. The summed E-state index contributed by atoms with van der Waals surface area (Å²) < 4.78 is 23.0. The standard InChI is InChI=1S/C15H20BBrO4.C9H9BrO2.C2H6.CH4/c1-14(2)15(3,4)21-16(20-14)11-7-6-10(12(17)9-11)8-13(18)19-5;1-12-9(11)6-7-4-2-3-5-8(7)10;1-2;/h6-7,9H,8H2,1-5H3;2-5H,6H2,1H3;1-2H3;1H4. The second-order valence-electron chi connectivity index (χ2n) is 8.54. The van der Waals surface area contributed by atoms with Gasteiger partial charge in [0.05, 0.1) is 38.3 Å².